The lowest BCUT2D eigenvalue weighted by Gasteiger charge is -2.22. The van der Waals surface area contributed by atoms with Crippen LogP contribution in [0, 0.1) is 10.1 Å². The monoisotopic (exact) mass is 366 g/mol. The summed E-state index contributed by atoms with van der Waals surface area (Å²) in [5, 5.41) is 14.0. The van der Waals surface area contributed by atoms with Crippen LogP contribution in [-0.2, 0) is 15.6 Å². The van der Waals surface area contributed by atoms with E-state index in [1.54, 1.807) is 12.1 Å². The quantitative estimate of drug-likeness (QED) is 0.610. The maximum atomic E-state index is 13.0. The molecule has 0 bridgehead atoms. The first-order chi connectivity index (χ1) is 12.6. The molecule has 2 aromatic carbocycles. The molecule has 1 amide bonds. The number of carbonyl (C=O) groups excluding carboxylic acids is 1. The molecule has 1 N–H and O–H groups in total. The SMILES string of the molecule is CC(NC(=O)C1(c2ccc(C(C)(C)C)cc2)CC1)c1cccc([N+](=O)[O-])c1. The van der Waals surface area contributed by atoms with Gasteiger partial charge in [-0.25, -0.2) is 0 Å². The maximum Gasteiger partial charge on any atom is 0.269 e. The number of hydrogen-bond donors (Lipinski definition) is 1. The summed E-state index contributed by atoms with van der Waals surface area (Å²) < 4.78 is 0. The number of nitrogens with zero attached hydrogens (tertiary/aromatic N) is 1. The van der Waals surface area contributed by atoms with E-state index in [-0.39, 0.29) is 23.1 Å². The highest BCUT2D eigenvalue weighted by atomic mass is 16.6. The van der Waals surface area contributed by atoms with E-state index < -0.39 is 10.3 Å². The van der Waals surface area contributed by atoms with E-state index in [0.717, 1.165) is 24.0 Å². The van der Waals surface area contributed by atoms with Crippen molar-refractivity contribution < 1.29 is 9.72 Å². The summed E-state index contributed by atoms with van der Waals surface area (Å²) in [5.41, 5.74) is 2.66. The fourth-order valence-electron chi connectivity index (χ4n) is 3.39. The average molecular weight is 366 g/mol. The van der Waals surface area contributed by atoms with Gasteiger partial charge in [-0.15, -0.1) is 0 Å². The largest absolute Gasteiger partial charge is 0.349 e. The van der Waals surface area contributed by atoms with Gasteiger partial charge in [0.25, 0.3) is 5.69 Å². The number of benzene rings is 2. The van der Waals surface area contributed by atoms with Gasteiger partial charge in [0.15, 0.2) is 0 Å². The van der Waals surface area contributed by atoms with Gasteiger partial charge in [0.05, 0.1) is 16.4 Å². The number of nitrogens with one attached hydrogen (secondary N) is 1. The highest BCUT2D eigenvalue weighted by Gasteiger charge is 2.51. The molecule has 1 aliphatic rings. The van der Waals surface area contributed by atoms with Crippen LogP contribution in [0.25, 0.3) is 0 Å². The van der Waals surface area contributed by atoms with Crippen molar-refractivity contribution in [1.29, 1.82) is 0 Å². The van der Waals surface area contributed by atoms with Crippen LogP contribution in [0.4, 0.5) is 5.69 Å². The number of nitro groups is 1. The fraction of sp³-hybridized carbons (Fsp3) is 0.409. The van der Waals surface area contributed by atoms with Crippen LogP contribution in [0.1, 0.15) is 63.3 Å². The molecule has 1 fully saturated rings. The Labute approximate surface area is 159 Å². The molecule has 0 saturated heterocycles. The molecule has 5 heteroatoms. The molecule has 0 heterocycles. The molecule has 1 atom stereocenters. The van der Waals surface area contributed by atoms with Crippen LogP contribution in [0.5, 0.6) is 0 Å². The van der Waals surface area contributed by atoms with Crippen LogP contribution >= 0.6 is 0 Å². The highest BCUT2D eigenvalue weighted by Crippen LogP contribution is 2.49. The summed E-state index contributed by atoms with van der Waals surface area (Å²) in [6.45, 7) is 8.36. The molecule has 1 saturated carbocycles. The Balaban J connectivity index is 1.75. The second kappa shape index (κ2) is 6.80. The summed E-state index contributed by atoms with van der Waals surface area (Å²) in [7, 11) is 0. The molecule has 0 spiro atoms. The number of hydrogen-bond acceptors (Lipinski definition) is 3. The van der Waals surface area contributed by atoms with E-state index in [4.69, 9.17) is 0 Å². The van der Waals surface area contributed by atoms with Gasteiger partial charge in [0.1, 0.15) is 0 Å². The molecule has 0 aromatic heterocycles. The van der Waals surface area contributed by atoms with Gasteiger partial charge in [-0.05, 0) is 41.9 Å². The molecule has 1 aliphatic carbocycles. The van der Waals surface area contributed by atoms with E-state index in [2.05, 4.69) is 50.4 Å². The fourth-order valence-corrected chi connectivity index (χ4v) is 3.39. The molecule has 3 rings (SSSR count). The minimum Gasteiger partial charge on any atom is -0.349 e. The Morgan fingerprint density at radius 1 is 1.15 bits per heavy atom. The van der Waals surface area contributed by atoms with Crippen LogP contribution in [0.15, 0.2) is 48.5 Å². The first-order valence-electron chi connectivity index (χ1n) is 9.30. The summed E-state index contributed by atoms with van der Waals surface area (Å²) in [5.74, 6) is -0.00925. The number of amides is 1. The highest BCUT2D eigenvalue weighted by molar-refractivity contribution is 5.91. The minimum absolute atomic E-state index is 0.00925. The topological polar surface area (TPSA) is 72.2 Å². The Kier molecular flexibility index (Phi) is 4.81. The van der Waals surface area contributed by atoms with Crippen molar-refractivity contribution in [2.24, 2.45) is 0 Å². The Bertz CT molecular complexity index is 862. The lowest BCUT2D eigenvalue weighted by molar-refractivity contribution is -0.384. The van der Waals surface area contributed by atoms with Crippen LogP contribution in [0.2, 0.25) is 0 Å². The van der Waals surface area contributed by atoms with Crippen LogP contribution in [0.3, 0.4) is 0 Å². The van der Waals surface area contributed by atoms with Crippen LogP contribution < -0.4 is 5.32 Å². The van der Waals surface area contributed by atoms with Gasteiger partial charge in [0.2, 0.25) is 5.91 Å². The second-order valence-electron chi connectivity index (χ2n) is 8.46. The Hall–Kier alpha value is -2.69. The normalized spacial score (nSPS) is 16.4. The van der Waals surface area contributed by atoms with E-state index in [1.807, 2.05) is 6.92 Å². The molecular weight excluding hydrogens is 340 g/mol. The third kappa shape index (κ3) is 3.87. The van der Waals surface area contributed by atoms with E-state index >= 15 is 0 Å². The number of nitro benzene ring substituents is 1. The van der Waals surface area contributed by atoms with Gasteiger partial charge >= 0.3 is 0 Å². The Morgan fingerprint density at radius 3 is 2.30 bits per heavy atom. The third-order valence-electron chi connectivity index (χ3n) is 5.42. The van der Waals surface area contributed by atoms with Crippen molar-refractivity contribution in [3.05, 3.63) is 75.3 Å². The minimum atomic E-state index is -0.467. The molecule has 27 heavy (non-hydrogen) atoms. The van der Waals surface area contributed by atoms with Gasteiger partial charge in [-0.2, -0.15) is 0 Å². The molecule has 0 aliphatic heterocycles. The lowest BCUT2D eigenvalue weighted by Crippen LogP contribution is -2.36. The first-order valence-corrected chi connectivity index (χ1v) is 9.30. The number of rotatable bonds is 5. The molecule has 2 aromatic rings. The van der Waals surface area contributed by atoms with Crippen LogP contribution in [-0.4, -0.2) is 10.8 Å². The molecule has 1 unspecified atom stereocenters. The van der Waals surface area contributed by atoms with Gasteiger partial charge in [0, 0.05) is 12.1 Å². The number of carbonyl (C=O) groups is 1. The summed E-state index contributed by atoms with van der Waals surface area (Å²) >= 11 is 0. The standard InChI is InChI=1S/C22H26N2O3/c1-15(16-6-5-7-19(14-16)24(26)27)23-20(25)22(12-13-22)18-10-8-17(9-11-18)21(2,3)4/h5-11,14-15H,12-13H2,1-4H3,(H,23,25). The Morgan fingerprint density at radius 2 is 1.78 bits per heavy atom. The molecule has 5 nitrogen and oxygen atoms in total. The van der Waals surface area contributed by atoms with Crippen molar-refractivity contribution in [2.75, 3.05) is 0 Å². The lowest BCUT2D eigenvalue weighted by atomic mass is 9.84. The summed E-state index contributed by atoms with van der Waals surface area (Å²) in [6.07, 6.45) is 1.66. The maximum absolute atomic E-state index is 13.0. The van der Waals surface area contributed by atoms with E-state index in [9.17, 15) is 14.9 Å². The van der Waals surface area contributed by atoms with E-state index in [1.165, 1.54) is 17.7 Å². The predicted molar refractivity (Wildman–Crippen MR) is 106 cm³/mol. The first kappa shape index (κ1) is 19.1. The van der Waals surface area contributed by atoms with Crippen molar-refractivity contribution in [1.82, 2.24) is 5.32 Å². The van der Waals surface area contributed by atoms with Gasteiger partial charge < -0.3 is 5.32 Å². The van der Waals surface area contributed by atoms with Crippen molar-refractivity contribution >= 4 is 11.6 Å². The smallest absolute Gasteiger partial charge is 0.269 e. The molecular formula is C22H26N2O3. The van der Waals surface area contributed by atoms with Crippen molar-refractivity contribution in [2.45, 2.75) is 57.4 Å². The van der Waals surface area contributed by atoms with Crippen molar-refractivity contribution in [3.63, 3.8) is 0 Å². The summed E-state index contributed by atoms with van der Waals surface area (Å²) in [6, 6.07) is 14.5. The zero-order chi connectivity index (χ0) is 19.8. The van der Waals surface area contributed by atoms with E-state index in [0.29, 0.717) is 0 Å². The van der Waals surface area contributed by atoms with Gasteiger partial charge in [-0.1, -0.05) is 57.2 Å². The third-order valence-corrected chi connectivity index (χ3v) is 5.42. The predicted octanol–water partition coefficient (Wildman–Crippen LogP) is 4.80. The molecule has 0 radical (unpaired) electrons. The second-order valence-corrected chi connectivity index (χ2v) is 8.46. The number of non-ortho nitro benzene ring substituents is 1. The zero-order valence-corrected chi connectivity index (χ0v) is 16.3. The molecule has 142 valence electrons. The summed E-state index contributed by atoms with van der Waals surface area (Å²) in [4.78, 5) is 23.5. The average Bonchev–Trinajstić information content (AvgIpc) is 3.43. The zero-order valence-electron chi connectivity index (χ0n) is 16.3. The van der Waals surface area contributed by atoms with Gasteiger partial charge in [-0.3, -0.25) is 14.9 Å². The van der Waals surface area contributed by atoms with Crippen molar-refractivity contribution in [3.8, 4) is 0 Å².